The lowest BCUT2D eigenvalue weighted by atomic mass is 9.80. The van der Waals surface area contributed by atoms with Crippen molar-refractivity contribution >= 4 is 11.6 Å². The Morgan fingerprint density at radius 3 is 2.42 bits per heavy atom. The molecule has 2 unspecified atom stereocenters. The second-order valence-electron chi connectivity index (χ2n) is 7.46. The van der Waals surface area contributed by atoms with Crippen molar-refractivity contribution in [2.24, 2.45) is 0 Å². The fourth-order valence-corrected chi connectivity index (χ4v) is 4.80. The average molecular weight is 350 g/mol. The number of likely N-dealkylation sites (N-methyl/N-ethyl adjacent to an activating group) is 1. The molecule has 2 aromatic rings. The van der Waals surface area contributed by atoms with Gasteiger partial charge in [0.15, 0.2) is 0 Å². The Morgan fingerprint density at radius 2 is 1.73 bits per heavy atom. The van der Waals surface area contributed by atoms with Crippen molar-refractivity contribution in [1.29, 1.82) is 0 Å². The van der Waals surface area contributed by atoms with Crippen LogP contribution in [0, 0.1) is 0 Å². The number of rotatable bonds is 5. The van der Waals surface area contributed by atoms with Gasteiger partial charge in [-0.1, -0.05) is 61.4 Å². The predicted molar refractivity (Wildman–Crippen MR) is 103 cm³/mol. The first kappa shape index (κ1) is 17.3. The molecule has 4 rings (SSSR count). The molecule has 26 heavy (non-hydrogen) atoms. The van der Waals surface area contributed by atoms with Crippen molar-refractivity contribution in [3.8, 4) is 0 Å². The minimum Gasteiger partial charge on any atom is -0.389 e. The molecule has 1 aliphatic heterocycles. The zero-order valence-corrected chi connectivity index (χ0v) is 15.2. The number of benzene rings is 2. The number of carbonyl (C=O) groups is 1. The summed E-state index contributed by atoms with van der Waals surface area (Å²) in [6.07, 6.45) is 3.30. The van der Waals surface area contributed by atoms with Crippen LogP contribution >= 0.6 is 0 Å². The summed E-state index contributed by atoms with van der Waals surface area (Å²) < 4.78 is 0. The number of fused-ring (bicyclic) bond motifs is 2. The van der Waals surface area contributed by atoms with E-state index in [2.05, 4.69) is 11.4 Å². The van der Waals surface area contributed by atoms with Crippen molar-refractivity contribution in [2.75, 3.05) is 18.5 Å². The van der Waals surface area contributed by atoms with Gasteiger partial charge in [-0.3, -0.25) is 4.79 Å². The van der Waals surface area contributed by atoms with Gasteiger partial charge in [-0.25, -0.2) is 0 Å². The highest BCUT2D eigenvalue weighted by atomic mass is 16.3. The summed E-state index contributed by atoms with van der Waals surface area (Å²) in [5.41, 5.74) is 2.67. The molecule has 1 heterocycles. The van der Waals surface area contributed by atoms with E-state index in [1.807, 2.05) is 60.5 Å². The van der Waals surface area contributed by atoms with Gasteiger partial charge in [-0.15, -0.1) is 0 Å². The standard InChI is InChI=1S/C22H26N2O2/c1-23-15-19(25)20(16-9-3-2-4-10-16)24-18-12-6-5-11-17(18)22(21(24)26)13-7-8-14-22/h2-6,9-12,19-20,23,25H,7-8,13-15H2,1H3. The molecule has 2 N–H and O–H groups in total. The zero-order chi connectivity index (χ0) is 18.1. The molecule has 1 saturated carbocycles. The molecule has 2 aliphatic rings. The molecule has 2 atom stereocenters. The number of nitrogens with zero attached hydrogens (tertiary/aromatic N) is 1. The van der Waals surface area contributed by atoms with Gasteiger partial charge in [0.25, 0.3) is 0 Å². The van der Waals surface area contributed by atoms with Crippen molar-refractivity contribution in [1.82, 2.24) is 5.32 Å². The molecular weight excluding hydrogens is 324 g/mol. The van der Waals surface area contributed by atoms with Gasteiger partial charge < -0.3 is 15.3 Å². The van der Waals surface area contributed by atoms with Crippen molar-refractivity contribution < 1.29 is 9.90 Å². The van der Waals surface area contributed by atoms with Crippen LogP contribution in [0.5, 0.6) is 0 Å². The first-order chi connectivity index (χ1) is 12.7. The van der Waals surface area contributed by atoms with Crippen LogP contribution < -0.4 is 10.2 Å². The Morgan fingerprint density at radius 1 is 1.08 bits per heavy atom. The number of hydrogen-bond donors (Lipinski definition) is 2. The highest BCUT2D eigenvalue weighted by Crippen LogP contribution is 2.53. The van der Waals surface area contributed by atoms with Crippen LogP contribution in [0.1, 0.15) is 42.9 Å². The maximum absolute atomic E-state index is 13.7. The van der Waals surface area contributed by atoms with E-state index in [0.29, 0.717) is 6.54 Å². The van der Waals surface area contributed by atoms with Gasteiger partial charge in [0.1, 0.15) is 0 Å². The lowest BCUT2D eigenvalue weighted by Gasteiger charge is -2.34. The summed E-state index contributed by atoms with van der Waals surface area (Å²) in [4.78, 5) is 15.6. The third-order valence-corrected chi connectivity index (χ3v) is 5.96. The fraction of sp³-hybridized carbons (Fsp3) is 0.409. The molecule has 4 heteroatoms. The number of aliphatic hydroxyl groups excluding tert-OH is 1. The Hall–Kier alpha value is -2.17. The van der Waals surface area contributed by atoms with E-state index in [4.69, 9.17) is 0 Å². The van der Waals surface area contributed by atoms with Crippen LogP contribution in [0.15, 0.2) is 54.6 Å². The lowest BCUT2D eigenvalue weighted by molar-refractivity contribution is -0.124. The molecule has 2 aromatic carbocycles. The number of nitrogens with one attached hydrogen (secondary N) is 1. The Kier molecular flexibility index (Phi) is 4.55. The van der Waals surface area contributed by atoms with Crippen LogP contribution in [0.3, 0.4) is 0 Å². The van der Waals surface area contributed by atoms with Gasteiger partial charge in [0.2, 0.25) is 5.91 Å². The quantitative estimate of drug-likeness (QED) is 0.871. The second kappa shape index (κ2) is 6.86. The molecule has 1 aliphatic carbocycles. The lowest BCUT2D eigenvalue weighted by Crippen LogP contribution is -2.46. The number of para-hydroxylation sites is 1. The molecular formula is C22H26N2O2. The summed E-state index contributed by atoms with van der Waals surface area (Å²) in [5.74, 6) is 0.153. The number of anilines is 1. The monoisotopic (exact) mass is 350 g/mol. The third-order valence-electron chi connectivity index (χ3n) is 5.96. The maximum atomic E-state index is 13.7. The van der Waals surface area contributed by atoms with Crippen molar-refractivity contribution in [2.45, 2.75) is 43.2 Å². The first-order valence-corrected chi connectivity index (χ1v) is 9.50. The second-order valence-corrected chi connectivity index (χ2v) is 7.46. The number of hydrogen-bond acceptors (Lipinski definition) is 3. The summed E-state index contributed by atoms with van der Waals surface area (Å²) in [7, 11) is 1.82. The van der Waals surface area contributed by atoms with Crippen LogP contribution in [-0.4, -0.2) is 30.7 Å². The molecule has 1 spiro atoms. The van der Waals surface area contributed by atoms with E-state index in [0.717, 1.165) is 42.5 Å². The maximum Gasteiger partial charge on any atom is 0.238 e. The number of aliphatic hydroxyl groups is 1. The highest BCUT2D eigenvalue weighted by molar-refractivity contribution is 6.09. The van der Waals surface area contributed by atoms with Crippen LogP contribution in [0.25, 0.3) is 0 Å². The summed E-state index contributed by atoms with van der Waals surface area (Å²) in [5, 5.41) is 14.0. The number of amides is 1. The van der Waals surface area contributed by atoms with E-state index in [9.17, 15) is 9.90 Å². The molecule has 4 nitrogen and oxygen atoms in total. The van der Waals surface area contributed by atoms with E-state index in [1.165, 1.54) is 0 Å². The smallest absolute Gasteiger partial charge is 0.238 e. The minimum atomic E-state index is -0.684. The van der Waals surface area contributed by atoms with E-state index in [-0.39, 0.29) is 5.91 Å². The predicted octanol–water partition coefficient (Wildman–Crippen LogP) is 3.17. The van der Waals surface area contributed by atoms with Gasteiger partial charge >= 0.3 is 0 Å². The molecule has 0 saturated heterocycles. The molecule has 0 radical (unpaired) electrons. The summed E-state index contributed by atoms with van der Waals surface area (Å²) in [6, 6.07) is 17.6. The number of carbonyl (C=O) groups excluding carboxylic acids is 1. The Labute approximate surface area is 154 Å². The van der Waals surface area contributed by atoms with Gasteiger partial charge in [0, 0.05) is 12.2 Å². The topological polar surface area (TPSA) is 52.6 Å². The molecule has 136 valence electrons. The normalized spacial score (nSPS) is 20.4. The van der Waals surface area contributed by atoms with E-state index < -0.39 is 17.6 Å². The molecule has 1 amide bonds. The van der Waals surface area contributed by atoms with E-state index >= 15 is 0 Å². The Balaban J connectivity index is 1.84. The van der Waals surface area contributed by atoms with Crippen LogP contribution in [0.2, 0.25) is 0 Å². The molecule has 1 fully saturated rings. The first-order valence-electron chi connectivity index (χ1n) is 9.50. The Bertz CT molecular complexity index is 784. The molecule has 0 aromatic heterocycles. The van der Waals surface area contributed by atoms with Crippen molar-refractivity contribution in [3.63, 3.8) is 0 Å². The summed E-state index contributed by atoms with van der Waals surface area (Å²) >= 11 is 0. The highest BCUT2D eigenvalue weighted by Gasteiger charge is 2.54. The zero-order valence-electron chi connectivity index (χ0n) is 15.2. The fourth-order valence-electron chi connectivity index (χ4n) is 4.80. The summed E-state index contributed by atoms with van der Waals surface area (Å²) in [6.45, 7) is 0.429. The van der Waals surface area contributed by atoms with E-state index in [1.54, 1.807) is 0 Å². The molecule has 0 bridgehead atoms. The SMILES string of the molecule is CNCC(O)C(c1ccccc1)N1C(=O)C2(CCCC2)c2ccccc21. The third kappa shape index (κ3) is 2.56. The van der Waals surface area contributed by atoms with Crippen LogP contribution in [0.4, 0.5) is 5.69 Å². The minimum absolute atomic E-state index is 0.153. The van der Waals surface area contributed by atoms with Gasteiger partial charge in [-0.2, -0.15) is 0 Å². The van der Waals surface area contributed by atoms with Crippen molar-refractivity contribution in [3.05, 3.63) is 65.7 Å². The largest absolute Gasteiger partial charge is 0.389 e. The van der Waals surface area contributed by atoms with Crippen LogP contribution in [-0.2, 0) is 10.2 Å². The van der Waals surface area contributed by atoms with Gasteiger partial charge in [-0.05, 0) is 37.1 Å². The van der Waals surface area contributed by atoms with Gasteiger partial charge in [0.05, 0.1) is 17.6 Å². The average Bonchev–Trinajstić information content (AvgIpc) is 3.25.